The third-order valence-electron chi connectivity index (χ3n) is 2.16. The van der Waals surface area contributed by atoms with E-state index in [9.17, 15) is 21.6 Å². The fourth-order valence-electron chi connectivity index (χ4n) is 1.55. The lowest BCUT2D eigenvalue weighted by Crippen LogP contribution is -2.27. The molecule has 0 bridgehead atoms. The fraction of sp³-hybridized carbons (Fsp3) is 0.455. The van der Waals surface area contributed by atoms with Crippen LogP contribution in [0.1, 0.15) is 18.1 Å². The Hall–Kier alpha value is -1.08. The van der Waals surface area contributed by atoms with Crippen molar-refractivity contribution in [2.24, 2.45) is 5.73 Å². The number of rotatable bonds is 4. The fourth-order valence-corrected chi connectivity index (χ4v) is 3.16. The molecule has 7 heteroatoms. The van der Waals surface area contributed by atoms with Gasteiger partial charge in [-0.05, 0) is 18.6 Å². The van der Waals surface area contributed by atoms with Gasteiger partial charge in [0.15, 0.2) is 9.84 Å². The smallest absolute Gasteiger partial charge is 0.327 e. The third-order valence-corrected chi connectivity index (χ3v) is 3.96. The van der Waals surface area contributed by atoms with E-state index < -0.39 is 33.4 Å². The lowest BCUT2D eigenvalue weighted by Gasteiger charge is -2.10. The van der Waals surface area contributed by atoms with Crippen LogP contribution in [0, 0.1) is 0 Å². The highest BCUT2D eigenvalue weighted by molar-refractivity contribution is 7.90. The monoisotopic (exact) mass is 281 g/mol. The van der Waals surface area contributed by atoms with Crippen LogP contribution in [0.25, 0.3) is 0 Å². The quantitative estimate of drug-likeness (QED) is 0.918. The SMILES string of the molecule is CC(N)CS(=O)(=O)Cc1cccc(C(F)(F)F)c1. The summed E-state index contributed by atoms with van der Waals surface area (Å²) in [6.45, 7) is 1.53. The van der Waals surface area contributed by atoms with Gasteiger partial charge in [0, 0.05) is 6.04 Å². The Bertz CT molecular complexity index is 509. The van der Waals surface area contributed by atoms with Gasteiger partial charge in [-0.1, -0.05) is 18.2 Å². The maximum atomic E-state index is 12.4. The normalized spacial score (nSPS) is 14.5. The summed E-state index contributed by atoms with van der Waals surface area (Å²) in [4.78, 5) is 0. The van der Waals surface area contributed by atoms with Gasteiger partial charge in [0.2, 0.25) is 0 Å². The highest BCUT2D eigenvalue weighted by Crippen LogP contribution is 2.29. The Kier molecular flexibility index (Phi) is 4.39. The van der Waals surface area contributed by atoms with Crippen LogP contribution in [-0.2, 0) is 21.8 Å². The van der Waals surface area contributed by atoms with E-state index in [0.29, 0.717) is 0 Å². The van der Waals surface area contributed by atoms with Crippen molar-refractivity contribution in [3.05, 3.63) is 35.4 Å². The highest BCUT2D eigenvalue weighted by atomic mass is 32.2. The van der Waals surface area contributed by atoms with Gasteiger partial charge in [-0.25, -0.2) is 8.42 Å². The van der Waals surface area contributed by atoms with Crippen molar-refractivity contribution >= 4 is 9.84 Å². The van der Waals surface area contributed by atoms with E-state index in [2.05, 4.69) is 0 Å². The van der Waals surface area contributed by atoms with Crippen LogP contribution in [0.3, 0.4) is 0 Å². The first-order valence-corrected chi connectivity index (χ1v) is 7.04. The number of alkyl halides is 3. The van der Waals surface area contributed by atoms with Gasteiger partial charge in [-0.2, -0.15) is 13.2 Å². The first-order chi connectivity index (χ1) is 8.10. The second kappa shape index (κ2) is 5.27. The molecule has 0 aromatic heterocycles. The number of hydrogen-bond donors (Lipinski definition) is 1. The van der Waals surface area contributed by atoms with Crippen LogP contribution >= 0.6 is 0 Å². The van der Waals surface area contributed by atoms with Gasteiger partial charge in [0.05, 0.1) is 17.1 Å². The van der Waals surface area contributed by atoms with Crippen molar-refractivity contribution in [1.29, 1.82) is 0 Å². The largest absolute Gasteiger partial charge is 0.416 e. The number of nitrogens with two attached hydrogens (primary N) is 1. The summed E-state index contributed by atoms with van der Waals surface area (Å²) in [6.07, 6.45) is -4.47. The van der Waals surface area contributed by atoms with Crippen molar-refractivity contribution in [3.63, 3.8) is 0 Å². The Morgan fingerprint density at radius 1 is 1.33 bits per heavy atom. The summed E-state index contributed by atoms with van der Waals surface area (Å²) in [7, 11) is -3.49. The van der Waals surface area contributed by atoms with E-state index in [-0.39, 0.29) is 11.3 Å². The van der Waals surface area contributed by atoms with E-state index in [1.165, 1.54) is 19.1 Å². The molecule has 2 N–H and O–H groups in total. The molecule has 1 rings (SSSR count). The maximum absolute atomic E-state index is 12.4. The molecule has 0 fully saturated rings. The lowest BCUT2D eigenvalue weighted by atomic mass is 10.1. The van der Waals surface area contributed by atoms with Gasteiger partial charge in [0.1, 0.15) is 0 Å². The summed E-state index contributed by atoms with van der Waals surface area (Å²) in [5.74, 6) is -0.679. The molecule has 1 aromatic carbocycles. The lowest BCUT2D eigenvalue weighted by molar-refractivity contribution is -0.137. The highest BCUT2D eigenvalue weighted by Gasteiger charge is 2.30. The topological polar surface area (TPSA) is 60.2 Å². The van der Waals surface area contributed by atoms with Crippen LogP contribution in [0.4, 0.5) is 13.2 Å². The minimum Gasteiger partial charge on any atom is -0.327 e. The van der Waals surface area contributed by atoms with E-state index >= 15 is 0 Å². The Labute approximate surface area is 104 Å². The van der Waals surface area contributed by atoms with Crippen LogP contribution in [-0.4, -0.2) is 20.2 Å². The summed E-state index contributed by atoms with van der Waals surface area (Å²) < 4.78 is 60.5. The number of sulfone groups is 1. The first-order valence-electron chi connectivity index (χ1n) is 5.22. The van der Waals surface area contributed by atoms with Crippen molar-refractivity contribution in [2.45, 2.75) is 24.9 Å². The Morgan fingerprint density at radius 2 is 1.94 bits per heavy atom. The van der Waals surface area contributed by atoms with Gasteiger partial charge < -0.3 is 5.73 Å². The average Bonchev–Trinajstić information content (AvgIpc) is 2.13. The molecule has 102 valence electrons. The number of hydrogen-bond acceptors (Lipinski definition) is 3. The van der Waals surface area contributed by atoms with Crippen LogP contribution < -0.4 is 5.73 Å². The number of halogens is 3. The maximum Gasteiger partial charge on any atom is 0.416 e. The molecule has 0 spiro atoms. The van der Waals surface area contributed by atoms with E-state index in [1.54, 1.807) is 0 Å². The molecule has 3 nitrogen and oxygen atoms in total. The molecule has 0 aliphatic heterocycles. The summed E-state index contributed by atoms with van der Waals surface area (Å²) in [5.41, 5.74) is 4.64. The van der Waals surface area contributed by atoms with E-state index in [0.717, 1.165) is 12.1 Å². The predicted octanol–water partition coefficient (Wildman–Crippen LogP) is 1.97. The Morgan fingerprint density at radius 3 is 2.44 bits per heavy atom. The Balaban J connectivity index is 2.93. The molecule has 18 heavy (non-hydrogen) atoms. The van der Waals surface area contributed by atoms with E-state index in [4.69, 9.17) is 5.73 Å². The molecular formula is C11H14F3NO2S. The standard InChI is InChI=1S/C11H14F3NO2S/c1-8(15)6-18(16,17)7-9-3-2-4-10(5-9)11(12,13)14/h2-5,8H,6-7,15H2,1H3. The van der Waals surface area contributed by atoms with Gasteiger partial charge >= 0.3 is 6.18 Å². The molecule has 0 heterocycles. The minimum absolute atomic E-state index is 0.116. The van der Waals surface area contributed by atoms with Gasteiger partial charge in [0.25, 0.3) is 0 Å². The molecule has 0 saturated carbocycles. The molecule has 0 aliphatic carbocycles. The molecule has 0 amide bonds. The van der Waals surface area contributed by atoms with Crippen molar-refractivity contribution in [2.75, 3.05) is 5.75 Å². The summed E-state index contributed by atoms with van der Waals surface area (Å²) in [5, 5.41) is 0. The van der Waals surface area contributed by atoms with Crippen molar-refractivity contribution in [3.8, 4) is 0 Å². The third kappa shape index (κ3) is 4.66. The zero-order valence-corrected chi connectivity index (χ0v) is 10.6. The summed E-state index contributed by atoms with van der Waals surface area (Å²) in [6, 6.07) is 3.76. The van der Waals surface area contributed by atoms with Crippen LogP contribution in [0.2, 0.25) is 0 Å². The first kappa shape index (κ1) is 15.0. The van der Waals surface area contributed by atoms with Crippen molar-refractivity contribution < 1.29 is 21.6 Å². The molecule has 1 unspecified atom stereocenters. The average molecular weight is 281 g/mol. The molecule has 1 atom stereocenters. The zero-order valence-electron chi connectivity index (χ0n) is 9.74. The second-order valence-electron chi connectivity index (χ2n) is 4.23. The minimum atomic E-state index is -4.47. The van der Waals surface area contributed by atoms with Crippen LogP contribution in [0.15, 0.2) is 24.3 Å². The molecular weight excluding hydrogens is 267 g/mol. The number of benzene rings is 1. The molecule has 1 aromatic rings. The molecule has 0 radical (unpaired) electrons. The molecule has 0 saturated heterocycles. The zero-order chi connectivity index (χ0) is 14.0. The van der Waals surface area contributed by atoms with Crippen molar-refractivity contribution in [1.82, 2.24) is 0 Å². The van der Waals surface area contributed by atoms with E-state index in [1.807, 2.05) is 0 Å². The second-order valence-corrected chi connectivity index (χ2v) is 6.34. The summed E-state index contributed by atoms with van der Waals surface area (Å²) >= 11 is 0. The molecule has 0 aliphatic rings. The predicted molar refractivity (Wildman–Crippen MR) is 62.6 cm³/mol. The van der Waals surface area contributed by atoms with Gasteiger partial charge in [-0.15, -0.1) is 0 Å². The van der Waals surface area contributed by atoms with Crippen LogP contribution in [0.5, 0.6) is 0 Å². The van der Waals surface area contributed by atoms with Gasteiger partial charge in [-0.3, -0.25) is 0 Å².